The Bertz CT molecular complexity index is 423. The fraction of sp³-hybridized carbons (Fsp3) is 0.455. The third-order valence-electron chi connectivity index (χ3n) is 2.14. The zero-order chi connectivity index (χ0) is 13.4. The molecule has 0 aliphatic heterocycles. The molecule has 18 heavy (non-hydrogen) atoms. The second-order valence-corrected chi connectivity index (χ2v) is 3.46. The van der Waals surface area contributed by atoms with E-state index in [2.05, 4.69) is 10.3 Å². The predicted octanol–water partition coefficient (Wildman–Crippen LogP) is 1.74. The number of carbonyl (C=O) groups excluding carboxylic acids is 1. The highest BCUT2D eigenvalue weighted by molar-refractivity contribution is 5.69. The van der Waals surface area contributed by atoms with Gasteiger partial charge in [-0.15, -0.1) is 0 Å². The summed E-state index contributed by atoms with van der Waals surface area (Å²) in [6.45, 7) is 2.53. The number of ether oxygens (including phenoxy) is 1. The fourth-order valence-corrected chi connectivity index (χ4v) is 1.35. The van der Waals surface area contributed by atoms with E-state index in [4.69, 9.17) is 4.74 Å². The van der Waals surface area contributed by atoms with Crippen molar-refractivity contribution >= 4 is 17.5 Å². The maximum absolute atomic E-state index is 11.1. The molecule has 1 N–H and O–H groups in total. The Balaban J connectivity index is 2.40. The van der Waals surface area contributed by atoms with Gasteiger partial charge in [0.15, 0.2) is 0 Å². The van der Waals surface area contributed by atoms with E-state index in [9.17, 15) is 14.9 Å². The molecular formula is C11H15N3O4. The van der Waals surface area contributed by atoms with Gasteiger partial charge >= 0.3 is 11.7 Å². The van der Waals surface area contributed by atoms with Gasteiger partial charge in [-0.05, 0) is 19.4 Å². The fourth-order valence-electron chi connectivity index (χ4n) is 1.35. The number of nitrogens with zero attached hydrogens (tertiary/aromatic N) is 2. The largest absolute Gasteiger partial charge is 0.466 e. The van der Waals surface area contributed by atoms with Gasteiger partial charge in [0, 0.05) is 25.2 Å². The Labute approximate surface area is 104 Å². The summed E-state index contributed by atoms with van der Waals surface area (Å²) in [5, 5.41) is 13.5. The molecular weight excluding hydrogens is 238 g/mol. The summed E-state index contributed by atoms with van der Waals surface area (Å²) in [5.74, 6) is -0.0545. The normalized spacial score (nSPS) is 9.83. The van der Waals surface area contributed by atoms with Crippen LogP contribution in [0.2, 0.25) is 0 Å². The van der Waals surface area contributed by atoms with E-state index < -0.39 is 4.92 Å². The molecule has 7 heteroatoms. The molecule has 0 atom stereocenters. The number of nitrogens with one attached hydrogen (secondary N) is 1. The standard InChI is InChI=1S/C11H15N3O4/c1-2-18-10(15)6-4-8-13-11-9(14(16)17)5-3-7-12-11/h3,5,7H,2,4,6,8H2,1H3,(H,12,13). The summed E-state index contributed by atoms with van der Waals surface area (Å²) in [6, 6.07) is 2.88. The van der Waals surface area contributed by atoms with Gasteiger partial charge in [0.2, 0.25) is 5.82 Å². The van der Waals surface area contributed by atoms with Crippen LogP contribution in [0, 0.1) is 10.1 Å². The zero-order valence-electron chi connectivity index (χ0n) is 10.1. The number of carbonyl (C=O) groups is 1. The highest BCUT2D eigenvalue weighted by atomic mass is 16.6. The van der Waals surface area contributed by atoms with Crippen LogP contribution < -0.4 is 5.32 Å². The summed E-state index contributed by atoms with van der Waals surface area (Å²) in [6.07, 6.45) is 2.29. The van der Waals surface area contributed by atoms with Crippen LogP contribution in [-0.2, 0) is 9.53 Å². The van der Waals surface area contributed by atoms with Crippen molar-refractivity contribution < 1.29 is 14.5 Å². The lowest BCUT2D eigenvalue weighted by molar-refractivity contribution is -0.384. The number of rotatable bonds is 7. The lowest BCUT2D eigenvalue weighted by Crippen LogP contribution is -2.09. The van der Waals surface area contributed by atoms with Gasteiger partial charge in [-0.1, -0.05) is 0 Å². The first-order valence-electron chi connectivity index (χ1n) is 5.64. The monoisotopic (exact) mass is 253 g/mol. The Hall–Kier alpha value is -2.18. The van der Waals surface area contributed by atoms with E-state index in [0.717, 1.165) is 0 Å². The molecule has 1 aromatic rings. The van der Waals surface area contributed by atoms with Crippen molar-refractivity contribution in [2.45, 2.75) is 19.8 Å². The first kappa shape index (κ1) is 13.9. The molecule has 7 nitrogen and oxygen atoms in total. The number of aromatic nitrogens is 1. The molecule has 0 saturated carbocycles. The van der Waals surface area contributed by atoms with Crippen LogP contribution in [0.25, 0.3) is 0 Å². The van der Waals surface area contributed by atoms with Crippen LogP contribution in [-0.4, -0.2) is 29.0 Å². The zero-order valence-corrected chi connectivity index (χ0v) is 10.1. The lowest BCUT2D eigenvalue weighted by atomic mass is 10.3. The average molecular weight is 253 g/mol. The first-order valence-corrected chi connectivity index (χ1v) is 5.64. The Morgan fingerprint density at radius 1 is 1.61 bits per heavy atom. The van der Waals surface area contributed by atoms with E-state index in [1.165, 1.54) is 18.3 Å². The molecule has 0 saturated heterocycles. The summed E-state index contributed by atoms with van der Waals surface area (Å²) < 4.78 is 4.77. The van der Waals surface area contributed by atoms with Crippen molar-refractivity contribution in [3.8, 4) is 0 Å². The lowest BCUT2D eigenvalue weighted by Gasteiger charge is -2.05. The van der Waals surface area contributed by atoms with Crippen molar-refractivity contribution in [2.75, 3.05) is 18.5 Å². The molecule has 0 aliphatic carbocycles. The van der Waals surface area contributed by atoms with E-state index >= 15 is 0 Å². The highest BCUT2D eigenvalue weighted by Crippen LogP contribution is 2.19. The minimum atomic E-state index is -0.499. The Kier molecular flexibility index (Phi) is 5.56. The van der Waals surface area contributed by atoms with Crippen molar-refractivity contribution in [3.05, 3.63) is 28.4 Å². The number of pyridine rings is 1. The average Bonchev–Trinajstić information content (AvgIpc) is 2.35. The highest BCUT2D eigenvalue weighted by Gasteiger charge is 2.13. The molecule has 0 amide bonds. The van der Waals surface area contributed by atoms with Crippen LogP contribution in [0.3, 0.4) is 0 Å². The van der Waals surface area contributed by atoms with Crippen LogP contribution in [0.15, 0.2) is 18.3 Å². The van der Waals surface area contributed by atoms with Crippen molar-refractivity contribution in [3.63, 3.8) is 0 Å². The Morgan fingerprint density at radius 2 is 2.39 bits per heavy atom. The smallest absolute Gasteiger partial charge is 0.311 e. The second-order valence-electron chi connectivity index (χ2n) is 3.46. The Morgan fingerprint density at radius 3 is 3.06 bits per heavy atom. The van der Waals surface area contributed by atoms with Gasteiger partial charge in [-0.25, -0.2) is 4.98 Å². The quantitative estimate of drug-likeness (QED) is 0.344. The van der Waals surface area contributed by atoms with Crippen molar-refractivity contribution in [1.82, 2.24) is 4.98 Å². The summed E-state index contributed by atoms with van der Waals surface area (Å²) in [5.41, 5.74) is -0.0753. The molecule has 0 unspecified atom stereocenters. The molecule has 0 aromatic carbocycles. The van der Waals surface area contributed by atoms with Gasteiger partial charge in [0.1, 0.15) is 0 Å². The molecule has 1 aromatic heterocycles. The molecule has 1 heterocycles. The third-order valence-corrected chi connectivity index (χ3v) is 2.14. The van der Waals surface area contributed by atoms with E-state index in [0.29, 0.717) is 19.6 Å². The minimum Gasteiger partial charge on any atom is -0.466 e. The van der Waals surface area contributed by atoms with Crippen molar-refractivity contribution in [2.24, 2.45) is 0 Å². The topological polar surface area (TPSA) is 94.4 Å². The maximum Gasteiger partial charge on any atom is 0.311 e. The van der Waals surface area contributed by atoms with E-state index in [-0.39, 0.29) is 23.9 Å². The van der Waals surface area contributed by atoms with Crippen LogP contribution in [0.1, 0.15) is 19.8 Å². The van der Waals surface area contributed by atoms with Crippen molar-refractivity contribution in [1.29, 1.82) is 0 Å². The van der Waals surface area contributed by atoms with Gasteiger partial charge in [0.25, 0.3) is 0 Å². The molecule has 0 radical (unpaired) electrons. The van der Waals surface area contributed by atoms with Crippen LogP contribution >= 0.6 is 0 Å². The molecule has 0 spiro atoms. The predicted molar refractivity (Wildman–Crippen MR) is 65.2 cm³/mol. The third kappa shape index (κ3) is 4.36. The SMILES string of the molecule is CCOC(=O)CCCNc1ncccc1[N+](=O)[O-]. The molecule has 0 bridgehead atoms. The number of anilines is 1. The first-order chi connectivity index (χ1) is 8.65. The van der Waals surface area contributed by atoms with Crippen LogP contribution in [0.5, 0.6) is 0 Å². The molecule has 0 fully saturated rings. The number of esters is 1. The minimum absolute atomic E-state index is 0.0753. The number of nitro groups is 1. The van der Waals surface area contributed by atoms with Gasteiger partial charge < -0.3 is 10.1 Å². The summed E-state index contributed by atoms with van der Waals surface area (Å²) in [7, 11) is 0. The molecule has 0 aliphatic rings. The van der Waals surface area contributed by atoms with E-state index in [1.54, 1.807) is 6.92 Å². The summed E-state index contributed by atoms with van der Waals surface area (Å²) >= 11 is 0. The molecule has 1 rings (SSSR count). The van der Waals surface area contributed by atoms with Gasteiger partial charge in [-0.3, -0.25) is 14.9 Å². The second kappa shape index (κ2) is 7.21. The van der Waals surface area contributed by atoms with Gasteiger partial charge in [0.05, 0.1) is 11.5 Å². The van der Waals surface area contributed by atoms with E-state index in [1.807, 2.05) is 0 Å². The number of hydrogen-bond acceptors (Lipinski definition) is 6. The molecule has 98 valence electrons. The van der Waals surface area contributed by atoms with Crippen LogP contribution in [0.4, 0.5) is 11.5 Å². The maximum atomic E-state index is 11.1. The van der Waals surface area contributed by atoms with Gasteiger partial charge in [-0.2, -0.15) is 0 Å². The number of hydrogen-bond donors (Lipinski definition) is 1. The summed E-state index contributed by atoms with van der Waals surface area (Å²) in [4.78, 5) is 25.1.